The standard InChI is InChI=1S/C20H24N2O2/c1-4-21(5-2)12-13-22-19-9-7-6-8-17(19)18-11-10-16(14-20(18)22)24-15(3)23/h6-11,14H,4-5,12-13H2,1-3H3. The summed E-state index contributed by atoms with van der Waals surface area (Å²) in [5, 5.41) is 2.43. The highest BCUT2D eigenvalue weighted by atomic mass is 16.5. The zero-order chi connectivity index (χ0) is 17.1. The van der Waals surface area contributed by atoms with Crippen LogP contribution in [0.4, 0.5) is 0 Å². The summed E-state index contributed by atoms with van der Waals surface area (Å²) in [5.41, 5.74) is 2.33. The Morgan fingerprint density at radius 1 is 1.04 bits per heavy atom. The van der Waals surface area contributed by atoms with Gasteiger partial charge in [-0.25, -0.2) is 0 Å². The van der Waals surface area contributed by atoms with Crippen molar-refractivity contribution in [2.24, 2.45) is 0 Å². The normalized spacial score (nSPS) is 11.5. The Bertz CT molecular complexity index is 863. The van der Waals surface area contributed by atoms with Crippen LogP contribution in [0.5, 0.6) is 5.75 Å². The monoisotopic (exact) mass is 324 g/mol. The Kier molecular flexibility index (Phi) is 4.86. The number of para-hydroxylation sites is 1. The topological polar surface area (TPSA) is 34.5 Å². The summed E-state index contributed by atoms with van der Waals surface area (Å²) in [6.45, 7) is 9.81. The van der Waals surface area contributed by atoms with Gasteiger partial charge in [-0.1, -0.05) is 32.0 Å². The number of esters is 1. The van der Waals surface area contributed by atoms with Crippen LogP contribution in [0.25, 0.3) is 21.8 Å². The van der Waals surface area contributed by atoms with Gasteiger partial charge in [-0.2, -0.15) is 0 Å². The van der Waals surface area contributed by atoms with E-state index in [0.717, 1.165) is 31.7 Å². The van der Waals surface area contributed by atoms with Gasteiger partial charge in [0.1, 0.15) is 5.75 Å². The number of hydrogen-bond acceptors (Lipinski definition) is 3. The number of hydrogen-bond donors (Lipinski definition) is 0. The van der Waals surface area contributed by atoms with E-state index in [1.807, 2.05) is 18.2 Å². The summed E-state index contributed by atoms with van der Waals surface area (Å²) >= 11 is 0. The van der Waals surface area contributed by atoms with Crippen molar-refractivity contribution in [1.82, 2.24) is 9.47 Å². The van der Waals surface area contributed by atoms with Gasteiger partial charge in [0, 0.05) is 42.4 Å². The van der Waals surface area contributed by atoms with Crippen molar-refractivity contribution in [3.05, 3.63) is 42.5 Å². The van der Waals surface area contributed by atoms with Gasteiger partial charge in [0.15, 0.2) is 0 Å². The molecule has 0 amide bonds. The molecule has 0 fully saturated rings. The molecular formula is C20H24N2O2. The number of carbonyl (C=O) groups excluding carboxylic acids is 1. The first-order chi connectivity index (χ1) is 11.6. The van der Waals surface area contributed by atoms with E-state index in [4.69, 9.17) is 4.74 Å². The van der Waals surface area contributed by atoms with Gasteiger partial charge in [-0.15, -0.1) is 0 Å². The van der Waals surface area contributed by atoms with Gasteiger partial charge in [-0.3, -0.25) is 4.79 Å². The summed E-state index contributed by atoms with van der Waals surface area (Å²) in [7, 11) is 0. The van der Waals surface area contributed by atoms with Crippen LogP contribution in [0.2, 0.25) is 0 Å². The Morgan fingerprint density at radius 2 is 1.75 bits per heavy atom. The van der Waals surface area contributed by atoms with Gasteiger partial charge in [0.2, 0.25) is 0 Å². The Labute approximate surface area is 142 Å². The van der Waals surface area contributed by atoms with E-state index < -0.39 is 0 Å². The minimum atomic E-state index is -0.292. The van der Waals surface area contributed by atoms with Crippen LogP contribution in [0, 0.1) is 0 Å². The minimum absolute atomic E-state index is 0.292. The molecule has 0 aliphatic rings. The maximum absolute atomic E-state index is 11.3. The van der Waals surface area contributed by atoms with Crippen molar-refractivity contribution in [2.45, 2.75) is 27.3 Å². The largest absolute Gasteiger partial charge is 0.427 e. The number of benzene rings is 2. The summed E-state index contributed by atoms with van der Waals surface area (Å²) in [4.78, 5) is 13.7. The van der Waals surface area contributed by atoms with Crippen LogP contribution in [0.15, 0.2) is 42.5 Å². The second-order valence-electron chi connectivity index (χ2n) is 5.97. The zero-order valence-electron chi connectivity index (χ0n) is 14.6. The van der Waals surface area contributed by atoms with Crippen LogP contribution in [-0.4, -0.2) is 35.1 Å². The lowest BCUT2D eigenvalue weighted by Gasteiger charge is -2.19. The third-order valence-electron chi connectivity index (χ3n) is 4.54. The predicted octanol–water partition coefficient (Wildman–Crippen LogP) is 4.06. The van der Waals surface area contributed by atoms with Crippen molar-refractivity contribution in [3.63, 3.8) is 0 Å². The molecule has 0 N–H and O–H groups in total. The van der Waals surface area contributed by atoms with Crippen LogP contribution < -0.4 is 4.74 Å². The van der Waals surface area contributed by atoms with Crippen molar-refractivity contribution < 1.29 is 9.53 Å². The van der Waals surface area contributed by atoms with E-state index in [1.165, 1.54) is 23.2 Å². The molecule has 0 saturated carbocycles. The van der Waals surface area contributed by atoms with Crippen LogP contribution in [0.3, 0.4) is 0 Å². The van der Waals surface area contributed by atoms with Crippen molar-refractivity contribution in [2.75, 3.05) is 19.6 Å². The lowest BCUT2D eigenvalue weighted by atomic mass is 10.1. The maximum Gasteiger partial charge on any atom is 0.308 e. The summed E-state index contributed by atoms with van der Waals surface area (Å²) < 4.78 is 7.61. The van der Waals surface area contributed by atoms with Crippen molar-refractivity contribution in [3.8, 4) is 5.75 Å². The molecule has 2 aromatic carbocycles. The molecule has 4 nitrogen and oxygen atoms in total. The lowest BCUT2D eigenvalue weighted by Crippen LogP contribution is -2.26. The number of nitrogens with zero attached hydrogens (tertiary/aromatic N) is 2. The third-order valence-corrected chi connectivity index (χ3v) is 4.54. The Balaban J connectivity index is 2.09. The number of ether oxygens (including phenoxy) is 1. The number of carbonyl (C=O) groups is 1. The molecule has 0 radical (unpaired) electrons. The highest BCUT2D eigenvalue weighted by Crippen LogP contribution is 2.31. The fraction of sp³-hybridized carbons (Fsp3) is 0.350. The smallest absolute Gasteiger partial charge is 0.308 e. The molecule has 3 rings (SSSR count). The molecule has 0 aliphatic carbocycles. The lowest BCUT2D eigenvalue weighted by molar-refractivity contribution is -0.131. The first-order valence-electron chi connectivity index (χ1n) is 8.55. The maximum atomic E-state index is 11.3. The summed E-state index contributed by atoms with van der Waals surface area (Å²) in [5.74, 6) is 0.307. The number of likely N-dealkylation sites (N-methyl/N-ethyl adjacent to an activating group) is 1. The second-order valence-corrected chi connectivity index (χ2v) is 5.97. The minimum Gasteiger partial charge on any atom is -0.427 e. The molecule has 0 aliphatic heterocycles. The number of aromatic nitrogens is 1. The summed E-state index contributed by atoms with van der Waals surface area (Å²) in [6, 6.07) is 14.3. The average Bonchev–Trinajstić information content (AvgIpc) is 2.89. The zero-order valence-corrected chi connectivity index (χ0v) is 14.6. The molecule has 0 unspecified atom stereocenters. The van der Waals surface area contributed by atoms with E-state index >= 15 is 0 Å². The molecular weight excluding hydrogens is 300 g/mol. The molecule has 3 aromatic rings. The molecule has 0 spiro atoms. The van der Waals surface area contributed by atoms with Gasteiger partial charge in [0.25, 0.3) is 0 Å². The molecule has 4 heteroatoms. The first kappa shape index (κ1) is 16.5. The first-order valence-corrected chi connectivity index (χ1v) is 8.55. The van der Waals surface area contributed by atoms with E-state index in [1.54, 1.807) is 0 Å². The Morgan fingerprint density at radius 3 is 2.46 bits per heavy atom. The highest BCUT2D eigenvalue weighted by Gasteiger charge is 2.12. The van der Waals surface area contributed by atoms with E-state index in [0.29, 0.717) is 5.75 Å². The molecule has 24 heavy (non-hydrogen) atoms. The van der Waals surface area contributed by atoms with Gasteiger partial charge in [-0.05, 0) is 31.3 Å². The molecule has 0 atom stereocenters. The molecule has 0 bridgehead atoms. The van der Waals surface area contributed by atoms with Gasteiger partial charge < -0.3 is 14.2 Å². The van der Waals surface area contributed by atoms with Crippen LogP contribution in [0.1, 0.15) is 20.8 Å². The molecule has 1 heterocycles. The number of rotatable bonds is 6. The SMILES string of the molecule is CCN(CC)CCn1c2ccccc2c2ccc(OC(C)=O)cc21. The van der Waals surface area contributed by atoms with E-state index in [9.17, 15) is 4.79 Å². The molecule has 126 valence electrons. The van der Waals surface area contributed by atoms with Crippen molar-refractivity contribution >= 4 is 27.8 Å². The molecule has 0 saturated heterocycles. The fourth-order valence-electron chi connectivity index (χ4n) is 3.28. The highest BCUT2D eigenvalue weighted by molar-refractivity contribution is 6.08. The van der Waals surface area contributed by atoms with Gasteiger partial charge in [0.05, 0.1) is 5.52 Å². The predicted molar refractivity (Wildman–Crippen MR) is 98.5 cm³/mol. The quantitative estimate of drug-likeness (QED) is 0.506. The van der Waals surface area contributed by atoms with E-state index in [-0.39, 0.29) is 5.97 Å². The third kappa shape index (κ3) is 3.15. The average molecular weight is 324 g/mol. The van der Waals surface area contributed by atoms with Crippen molar-refractivity contribution in [1.29, 1.82) is 0 Å². The fourth-order valence-corrected chi connectivity index (χ4v) is 3.28. The second kappa shape index (κ2) is 7.05. The summed E-state index contributed by atoms with van der Waals surface area (Å²) in [6.07, 6.45) is 0. The number of fused-ring (bicyclic) bond motifs is 3. The van der Waals surface area contributed by atoms with Gasteiger partial charge >= 0.3 is 5.97 Å². The van der Waals surface area contributed by atoms with E-state index in [2.05, 4.69) is 47.6 Å². The van der Waals surface area contributed by atoms with Crippen LogP contribution in [-0.2, 0) is 11.3 Å². The molecule has 1 aromatic heterocycles. The van der Waals surface area contributed by atoms with Crippen LogP contribution >= 0.6 is 0 Å². The Hall–Kier alpha value is -2.33.